The highest BCUT2D eigenvalue weighted by molar-refractivity contribution is 5.92. The summed E-state index contributed by atoms with van der Waals surface area (Å²) < 4.78 is 13.1. The number of amides is 1. The first-order valence-electron chi connectivity index (χ1n) is 7.16. The highest BCUT2D eigenvalue weighted by Crippen LogP contribution is 2.04. The van der Waals surface area contributed by atoms with Gasteiger partial charge in [0.05, 0.1) is 0 Å². The molecule has 0 radical (unpaired) electrons. The third-order valence-corrected chi connectivity index (χ3v) is 3.27. The fraction of sp³-hybridized carbons (Fsp3) is 0.176. The van der Waals surface area contributed by atoms with Gasteiger partial charge in [0.1, 0.15) is 5.82 Å². The summed E-state index contributed by atoms with van der Waals surface area (Å²) in [6, 6.07) is 13.4. The number of guanidine groups is 1. The van der Waals surface area contributed by atoms with Gasteiger partial charge in [-0.05, 0) is 35.4 Å². The topological polar surface area (TPSA) is 79.5 Å². The summed E-state index contributed by atoms with van der Waals surface area (Å²) in [7, 11) is 1.66. The van der Waals surface area contributed by atoms with Crippen LogP contribution in [0.1, 0.15) is 21.5 Å². The minimum Gasteiger partial charge on any atom is -0.366 e. The normalized spacial score (nSPS) is 11.1. The van der Waals surface area contributed by atoms with E-state index in [0.29, 0.717) is 24.6 Å². The second-order valence-corrected chi connectivity index (χ2v) is 4.97. The maximum absolute atomic E-state index is 13.1. The van der Waals surface area contributed by atoms with E-state index in [1.807, 2.05) is 18.2 Å². The van der Waals surface area contributed by atoms with Crippen LogP contribution in [-0.4, -0.2) is 18.9 Å². The molecule has 6 heteroatoms. The molecular formula is C17H19FN4O. The molecule has 0 saturated heterocycles. The van der Waals surface area contributed by atoms with E-state index in [9.17, 15) is 9.18 Å². The van der Waals surface area contributed by atoms with Crippen molar-refractivity contribution in [2.45, 2.75) is 13.1 Å². The van der Waals surface area contributed by atoms with Gasteiger partial charge in [-0.1, -0.05) is 24.3 Å². The van der Waals surface area contributed by atoms with Crippen molar-refractivity contribution in [1.82, 2.24) is 10.6 Å². The zero-order valence-electron chi connectivity index (χ0n) is 12.8. The van der Waals surface area contributed by atoms with Gasteiger partial charge in [-0.2, -0.15) is 0 Å². The Balaban J connectivity index is 1.86. The first kappa shape index (κ1) is 16.5. The van der Waals surface area contributed by atoms with Crippen LogP contribution in [0.15, 0.2) is 53.5 Å². The van der Waals surface area contributed by atoms with E-state index in [1.165, 1.54) is 12.1 Å². The first-order chi connectivity index (χ1) is 11.1. The number of hydrogen-bond donors (Lipinski definition) is 3. The van der Waals surface area contributed by atoms with Crippen LogP contribution < -0.4 is 16.4 Å². The molecule has 0 bridgehead atoms. The number of aliphatic imine (C=N–C) groups is 1. The minimum absolute atomic E-state index is 0.262. The van der Waals surface area contributed by atoms with Crippen LogP contribution >= 0.6 is 0 Å². The Morgan fingerprint density at radius 1 is 1.09 bits per heavy atom. The molecule has 2 rings (SSSR count). The summed E-state index contributed by atoms with van der Waals surface area (Å²) in [6.45, 7) is 1.01. The quantitative estimate of drug-likeness (QED) is 0.581. The van der Waals surface area contributed by atoms with E-state index in [1.54, 1.807) is 25.2 Å². The third kappa shape index (κ3) is 5.10. The fourth-order valence-corrected chi connectivity index (χ4v) is 2.03. The van der Waals surface area contributed by atoms with E-state index in [0.717, 1.165) is 11.1 Å². The zero-order chi connectivity index (χ0) is 16.7. The van der Waals surface area contributed by atoms with Crippen LogP contribution in [0.25, 0.3) is 0 Å². The molecular weight excluding hydrogens is 295 g/mol. The molecule has 0 atom stereocenters. The van der Waals surface area contributed by atoms with Gasteiger partial charge in [-0.3, -0.25) is 9.79 Å². The van der Waals surface area contributed by atoms with Crippen molar-refractivity contribution in [3.8, 4) is 0 Å². The van der Waals surface area contributed by atoms with Gasteiger partial charge in [0.25, 0.3) is 0 Å². The zero-order valence-corrected chi connectivity index (χ0v) is 12.8. The number of rotatable bonds is 5. The van der Waals surface area contributed by atoms with E-state index in [2.05, 4.69) is 15.6 Å². The molecule has 4 N–H and O–H groups in total. The maximum atomic E-state index is 13.1. The molecule has 5 nitrogen and oxygen atoms in total. The third-order valence-electron chi connectivity index (χ3n) is 3.27. The maximum Gasteiger partial charge on any atom is 0.248 e. The van der Waals surface area contributed by atoms with E-state index in [-0.39, 0.29) is 5.82 Å². The van der Waals surface area contributed by atoms with Crippen LogP contribution in [0.5, 0.6) is 0 Å². The summed E-state index contributed by atoms with van der Waals surface area (Å²) >= 11 is 0. The van der Waals surface area contributed by atoms with Crippen molar-refractivity contribution < 1.29 is 9.18 Å². The Bertz CT molecular complexity index is 698. The second-order valence-electron chi connectivity index (χ2n) is 4.97. The van der Waals surface area contributed by atoms with Crippen molar-refractivity contribution in [2.24, 2.45) is 10.7 Å². The number of primary amides is 1. The largest absolute Gasteiger partial charge is 0.366 e. The smallest absolute Gasteiger partial charge is 0.248 e. The van der Waals surface area contributed by atoms with Crippen molar-refractivity contribution in [2.75, 3.05) is 7.05 Å². The molecule has 1 amide bonds. The van der Waals surface area contributed by atoms with E-state index in [4.69, 9.17) is 5.73 Å². The Kier molecular flexibility index (Phi) is 5.68. The summed E-state index contributed by atoms with van der Waals surface area (Å²) in [5.74, 6) is -0.105. The number of halogens is 1. The van der Waals surface area contributed by atoms with Gasteiger partial charge in [-0.15, -0.1) is 0 Å². The second kappa shape index (κ2) is 7.93. The predicted molar refractivity (Wildman–Crippen MR) is 88.4 cm³/mol. The molecule has 120 valence electrons. The number of nitrogens with zero attached hydrogens (tertiary/aromatic N) is 1. The fourth-order valence-electron chi connectivity index (χ4n) is 2.03. The summed E-state index contributed by atoms with van der Waals surface area (Å²) in [5, 5.41) is 6.26. The first-order valence-corrected chi connectivity index (χ1v) is 7.16. The molecule has 0 aliphatic carbocycles. The van der Waals surface area contributed by atoms with Crippen molar-refractivity contribution in [1.29, 1.82) is 0 Å². The van der Waals surface area contributed by atoms with Crippen LogP contribution in [0.2, 0.25) is 0 Å². The van der Waals surface area contributed by atoms with Gasteiger partial charge < -0.3 is 16.4 Å². The molecule has 0 heterocycles. The molecule has 0 fully saturated rings. The van der Waals surface area contributed by atoms with Crippen LogP contribution in [-0.2, 0) is 13.1 Å². The van der Waals surface area contributed by atoms with Gasteiger partial charge in [-0.25, -0.2) is 4.39 Å². The molecule has 23 heavy (non-hydrogen) atoms. The molecule has 0 aromatic heterocycles. The Morgan fingerprint density at radius 3 is 2.30 bits per heavy atom. The summed E-state index contributed by atoms with van der Waals surface area (Å²) in [4.78, 5) is 15.1. The molecule has 0 aliphatic heterocycles. The average molecular weight is 314 g/mol. The molecule has 2 aromatic rings. The van der Waals surface area contributed by atoms with Crippen LogP contribution in [0.4, 0.5) is 4.39 Å². The lowest BCUT2D eigenvalue weighted by Gasteiger charge is -2.12. The Morgan fingerprint density at radius 2 is 1.74 bits per heavy atom. The van der Waals surface area contributed by atoms with E-state index >= 15 is 0 Å². The monoisotopic (exact) mass is 314 g/mol. The molecule has 0 unspecified atom stereocenters. The lowest BCUT2D eigenvalue weighted by Crippen LogP contribution is -2.36. The molecule has 2 aromatic carbocycles. The minimum atomic E-state index is -0.447. The molecule has 0 saturated carbocycles. The standard InChI is InChI=1S/C17H19FN4O/c1-20-17(22-11-13-3-2-4-15(18)9-13)21-10-12-5-7-14(8-6-12)16(19)23/h2-9H,10-11H2,1H3,(H2,19,23)(H2,20,21,22). The lowest BCUT2D eigenvalue weighted by atomic mass is 10.1. The highest BCUT2D eigenvalue weighted by Gasteiger charge is 2.02. The predicted octanol–water partition coefficient (Wildman–Crippen LogP) is 1.79. The number of carbonyl (C=O) groups excluding carboxylic acids is 1. The molecule has 0 aliphatic rings. The number of hydrogen-bond acceptors (Lipinski definition) is 2. The number of nitrogens with one attached hydrogen (secondary N) is 2. The highest BCUT2D eigenvalue weighted by atomic mass is 19.1. The Hall–Kier alpha value is -2.89. The number of carbonyl (C=O) groups is 1. The summed E-state index contributed by atoms with van der Waals surface area (Å²) in [5.41, 5.74) is 7.50. The number of nitrogens with two attached hydrogens (primary N) is 1. The lowest BCUT2D eigenvalue weighted by molar-refractivity contribution is 0.100. The van der Waals surface area contributed by atoms with Crippen molar-refractivity contribution in [3.05, 3.63) is 71.0 Å². The van der Waals surface area contributed by atoms with Crippen LogP contribution in [0.3, 0.4) is 0 Å². The average Bonchev–Trinajstić information content (AvgIpc) is 2.55. The van der Waals surface area contributed by atoms with Crippen molar-refractivity contribution in [3.63, 3.8) is 0 Å². The van der Waals surface area contributed by atoms with E-state index < -0.39 is 5.91 Å². The Labute approximate surface area is 134 Å². The van der Waals surface area contributed by atoms with Gasteiger partial charge >= 0.3 is 0 Å². The van der Waals surface area contributed by atoms with Gasteiger partial charge in [0.15, 0.2) is 5.96 Å². The molecule has 0 spiro atoms. The van der Waals surface area contributed by atoms with Gasteiger partial charge in [0, 0.05) is 25.7 Å². The van der Waals surface area contributed by atoms with Crippen molar-refractivity contribution >= 4 is 11.9 Å². The number of benzene rings is 2. The summed E-state index contributed by atoms with van der Waals surface area (Å²) in [6.07, 6.45) is 0. The SMILES string of the molecule is CN=C(NCc1ccc(C(N)=O)cc1)NCc1cccc(F)c1. The van der Waals surface area contributed by atoms with Crippen LogP contribution in [0, 0.1) is 5.82 Å². The van der Waals surface area contributed by atoms with Gasteiger partial charge in [0.2, 0.25) is 5.91 Å².